The van der Waals surface area contributed by atoms with E-state index in [-0.39, 0.29) is 18.0 Å². The Morgan fingerprint density at radius 1 is 1.31 bits per heavy atom. The minimum atomic E-state index is -0.195. The van der Waals surface area contributed by atoms with Crippen molar-refractivity contribution < 1.29 is 4.74 Å². The Morgan fingerprint density at radius 2 is 2.12 bits per heavy atom. The number of halogens is 1. The van der Waals surface area contributed by atoms with Gasteiger partial charge in [-0.1, -0.05) is 0 Å². The number of nitrogens with one attached hydrogen (secondary N) is 1. The first kappa shape index (κ1) is 18.3. The molecule has 0 bridgehead atoms. The molecule has 9 heteroatoms. The molecule has 136 valence electrons. The zero-order valence-electron chi connectivity index (χ0n) is 14.6. The van der Waals surface area contributed by atoms with E-state index in [9.17, 15) is 0 Å². The van der Waals surface area contributed by atoms with Gasteiger partial charge in [-0.15, -0.1) is 12.4 Å². The molecule has 4 rings (SSSR count). The van der Waals surface area contributed by atoms with Gasteiger partial charge < -0.3 is 15.8 Å². The summed E-state index contributed by atoms with van der Waals surface area (Å²) in [6, 6.07) is 3.88. The van der Waals surface area contributed by atoms with Crippen molar-refractivity contribution in [2.75, 3.05) is 18.1 Å². The van der Waals surface area contributed by atoms with Gasteiger partial charge in [0, 0.05) is 30.8 Å². The van der Waals surface area contributed by atoms with Gasteiger partial charge in [-0.25, -0.2) is 15.0 Å². The van der Waals surface area contributed by atoms with Crippen LogP contribution in [0, 0.1) is 0 Å². The number of nitrogens with two attached hydrogens (primary N) is 1. The number of fused-ring (bicyclic) bond motifs is 1. The van der Waals surface area contributed by atoms with Crippen LogP contribution in [0.5, 0.6) is 5.75 Å². The molecule has 0 aromatic carbocycles. The first-order chi connectivity index (χ1) is 12.0. The van der Waals surface area contributed by atoms with Crippen LogP contribution in [0.15, 0.2) is 24.5 Å². The van der Waals surface area contributed by atoms with E-state index in [2.05, 4.69) is 38.5 Å². The lowest BCUT2D eigenvalue weighted by molar-refractivity contribution is 0.138. The maximum atomic E-state index is 5.93. The SMILES string of the molecule is CNc1c(-c2nc(-c3cc4c(cn3)OC(C)(C)C4)ns2)ccnc1N.Cl. The number of hydrogen-bond acceptors (Lipinski definition) is 8. The largest absolute Gasteiger partial charge is 0.486 e. The minimum absolute atomic E-state index is 0. The predicted octanol–water partition coefficient (Wildman–Crippen LogP) is 3.42. The average molecular weight is 391 g/mol. The maximum Gasteiger partial charge on any atom is 0.192 e. The van der Waals surface area contributed by atoms with E-state index < -0.39 is 0 Å². The Hall–Kier alpha value is -2.45. The molecule has 0 fully saturated rings. The maximum absolute atomic E-state index is 5.93. The monoisotopic (exact) mass is 390 g/mol. The number of pyridine rings is 2. The lowest BCUT2D eigenvalue weighted by atomic mass is 10.0. The standard InChI is InChI=1S/C17H18N6OS.ClH/c1-17(2)7-9-6-11(21-8-12(9)24-17)15-22-16(25-23-15)10-4-5-20-14(18)13(10)19-3;/h4-6,8,19H,7H2,1-3H3,(H2,18,20);1H. The van der Waals surface area contributed by atoms with Crippen molar-refractivity contribution in [2.45, 2.75) is 25.9 Å². The van der Waals surface area contributed by atoms with Crippen molar-refractivity contribution in [3.8, 4) is 27.8 Å². The van der Waals surface area contributed by atoms with E-state index >= 15 is 0 Å². The van der Waals surface area contributed by atoms with Gasteiger partial charge in [0.25, 0.3) is 0 Å². The molecule has 0 saturated heterocycles. The van der Waals surface area contributed by atoms with Crippen LogP contribution in [0.1, 0.15) is 19.4 Å². The van der Waals surface area contributed by atoms with Crippen LogP contribution >= 0.6 is 23.9 Å². The summed E-state index contributed by atoms with van der Waals surface area (Å²) in [5, 5.41) is 3.84. The summed E-state index contributed by atoms with van der Waals surface area (Å²) in [6.07, 6.45) is 4.27. The third kappa shape index (κ3) is 3.17. The molecule has 26 heavy (non-hydrogen) atoms. The molecule has 3 aromatic rings. The zero-order chi connectivity index (χ0) is 17.6. The van der Waals surface area contributed by atoms with Gasteiger partial charge in [0.05, 0.1) is 11.9 Å². The Bertz CT molecular complexity index is 958. The fourth-order valence-corrected chi connectivity index (χ4v) is 3.69. The molecule has 3 N–H and O–H groups in total. The lowest BCUT2D eigenvalue weighted by Crippen LogP contribution is -2.24. The number of hydrogen-bond donors (Lipinski definition) is 2. The molecule has 0 spiro atoms. The van der Waals surface area contributed by atoms with Crippen molar-refractivity contribution in [2.24, 2.45) is 0 Å². The Kier molecular flexibility index (Phi) is 4.72. The van der Waals surface area contributed by atoms with Gasteiger partial charge >= 0.3 is 0 Å². The summed E-state index contributed by atoms with van der Waals surface area (Å²) < 4.78 is 10.3. The van der Waals surface area contributed by atoms with E-state index in [1.807, 2.05) is 19.2 Å². The highest BCUT2D eigenvalue weighted by molar-refractivity contribution is 7.09. The van der Waals surface area contributed by atoms with Gasteiger partial charge in [0.1, 0.15) is 27.9 Å². The van der Waals surface area contributed by atoms with Crippen molar-refractivity contribution in [3.63, 3.8) is 0 Å². The number of anilines is 2. The summed E-state index contributed by atoms with van der Waals surface area (Å²) in [5.74, 6) is 1.88. The second-order valence-corrected chi connectivity index (χ2v) is 7.26. The predicted molar refractivity (Wildman–Crippen MR) is 106 cm³/mol. The van der Waals surface area contributed by atoms with E-state index in [1.54, 1.807) is 12.4 Å². The number of nitrogens with zero attached hydrogens (tertiary/aromatic N) is 4. The summed E-state index contributed by atoms with van der Waals surface area (Å²) >= 11 is 1.31. The lowest BCUT2D eigenvalue weighted by Gasteiger charge is -2.16. The minimum Gasteiger partial charge on any atom is -0.486 e. The topological polar surface area (TPSA) is 98.8 Å². The molecule has 0 atom stereocenters. The van der Waals surface area contributed by atoms with E-state index in [4.69, 9.17) is 10.5 Å². The van der Waals surface area contributed by atoms with Crippen LogP contribution in [-0.4, -0.2) is 32.0 Å². The highest BCUT2D eigenvalue weighted by atomic mass is 35.5. The molecule has 0 amide bonds. The van der Waals surface area contributed by atoms with Gasteiger partial charge in [-0.05, 0) is 37.5 Å². The van der Waals surface area contributed by atoms with Gasteiger partial charge in [0.2, 0.25) is 0 Å². The van der Waals surface area contributed by atoms with E-state index in [0.717, 1.165) is 39.7 Å². The molecular weight excluding hydrogens is 372 g/mol. The smallest absolute Gasteiger partial charge is 0.192 e. The molecule has 1 aliphatic heterocycles. The van der Waals surface area contributed by atoms with Crippen LogP contribution in [0.3, 0.4) is 0 Å². The van der Waals surface area contributed by atoms with Crippen molar-refractivity contribution in [1.29, 1.82) is 0 Å². The zero-order valence-corrected chi connectivity index (χ0v) is 16.2. The van der Waals surface area contributed by atoms with Crippen molar-refractivity contribution >= 4 is 35.4 Å². The molecule has 7 nitrogen and oxygen atoms in total. The average Bonchev–Trinajstić information content (AvgIpc) is 3.16. The summed E-state index contributed by atoms with van der Waals surface area (Å²) in [4.78, 5) is 13.2. The molecule has 0 saturated carbocycles. The highest BCUT2D eigenvalue weighted by Crippen LogP contribution is 2.37. The summed E-state index contributed by atoms with van der Waals surface area (Å²) in [5.41, 5.74) is 9.25. The Morgan fingerprint density at radius 3 is 2.88 bits per heavy atom. The highest BCUT2D eigenvalue weighted by Gasteiger charge is 2.30. The molecule has 4 heterocycles. The van der Waals surface area contributed by atoms with E-state index in [1.165, 1.54) is 11.5 Å². The first-order valence-electron chi connectivity index (χ1n) is 7.91. The fourth-order valence-electron chi connectivity index (χ4n) is 2.99. The molecule has 0 unspecified atom stereocenters. The van der Waals surface area contributed by atoms with Crippen LogP contribution in [-0.2, 0) is 6.42 Å². The van der Waals surface area contributed by atoms with Crippen LogP contribution in [0.2, 0.25) is 0 Å². The third-order valence-corrected chi connectivity index (χ3v) is 4.81. The molecular formula is C17H19ClN6OS. The molecule has 0 aliphatic carbocycles. The first-order valence-corrected chi connectivity index (χ1v) is 8.69. The number of ether oxygens (including phenoxy) is 1. The fraction of sp³-hybridized carbons (Fsp3) is 0.294. The summed E-state index contributed by atoms with van der Waals surface area (Å²) in [6.45, 7) is 4.14. The van der Waals surface area contributed by atoms with Gasteiger partial charge in [-0.2, -0.15) is 4.37 Å². The van der Waals surface area contributed by atoms with Gasteiger partial charge in [0.15, 0.2) is 5.82 Å². The van der Waals surface area contributed by atoms with Gasteiger partial charge in [-0.3, -0.25) is 0 Å². The van der Waals surface area contributed by atoms with Crippen molar-refractivity contribution in [3.05, 3.63) is 30.1 Å². The Balaban J connectivity index is 0.00000196. The number of rotatable bonds is 3. The van der Waals surface area contributed by atoms with E-state index in [0.29, 0.717) is 11.6 Å². The second-order valence-electron chi connectivity index (χ2n) is 6.51. The normalized spacial score (nSPS) is 14.3. The number of nitrogen functional groups attached to an aromatic ring is 1. The number of aromatic nitrogens is 4. The third-order valence-electron chi connectivity index (χ3n) is 4.07. The molecule has 1 aliphatic rings. The van der Waals surface area contributed by atoms with Crippen LogP contribution < -0.4 is 15.8 Å². The van der Waals surface area contributed by atoms with Crippen molar-refractivity contribution in [1.82, 2.24) is 19.3 Å². The second kappa shape index (κ2) is 6.69. The Labute approximate surface area is 161 Å². The summed E-state index contributed by atoms with van der Waals surface area (Å²) in [7, 11) is 1.81. The molecule has 0 radical (unpaired) electrons. The van der Waals surface area contributed by atoms with Crippen LogP contribution in [0.4, 0.5) is 11.5 Å². The van der Waals surface area contributed by atoms with Crippen LogP contribution in [0.25, 0.3) is 22.1 Å². The quantitative estimate of drug-likeness (QED) is 0.706. The molecule has 3 aromatic heterocycles.